The Morgan fingerprint density at radius 1 is 1.24 bits per heavy atom. The predicted octanol–water partition coefficient (Wildman–Crippen LogP) is 2.73. The molecule has 0 saturated heterocycles. The average Bonchev–Trinajstić information content (AvgIpc) is 2.42. The first-order valence-electron chi connectivity index (χ1n) is 6.88. The third kappa shape index (κ3) is 3.24. The lowest BCUT2D eigenvalue weighted by Gasteiger charge is -2.13. The summed E-state index contributed by atoms with van der Waals surface area (Å²) in [5, 5.41) is 9.05. The van der Waals surface area contributed by atoms with E-state index < -0.39 is 11.9 Å². The number of nitrogens with zero attached hydrogens (tertiary/aromatic N) is 3. The SMILES string of the molecule is Cc1ccncc1-c1nc(C)c(CC(C)C(=O)O)c(C)n1. The van der Waals surface area contributed by atoms with Crippen molar-refractivity contribution in [2.45, 2.75) is 34.1 Å². The van der Waals surface area contributed by atoms with Gasteiger partial charge in [-0.05, 0) is 44.4 Å². The second-order valence-electron chi connectivity index (χ2n) is 5.33. The summed E-state index contributed by atoms with van der Waals surface area (Å²) in [5.41, 5.74) is 4.54. The van der Waals surface area contributed by atoms with Gasteiger partial charge in [-0.15, -0.1) is 0 Å². The van der Waals surface area contributed by atoms with Gasteiger partial charge in [-0.2, -0.15) is 0 Å². The van der Waals surface area contributed by atoms with Crippen molar-refractivity contribution in [3.05, 3.63) is 41.0 Å². The topological polar surface area (TPSA) is 76.0 Å². The fourth-order valence-corrected chi connectivity index (χ4v) is 2.25. The molecule has 0 radical (unpaired) electrons. The molecule has 21 heavy (non-hydrogen) atoms. The Hall–Kier alpha value is -2.30. The molecule has 0 fully saturated rings. The summed E-state index contributed by atoms with van der Waals surface area (Å²) in [6.07, 6.45) is 3.93. The van der Waals surface area contributed by atoms with Crippen LogP contribution in [0, 0.1) is 26.7 Å². The number of carbonyl (C=O) groups is 1. The standard InChI is InChI=1S/C16H19N3O2/c1-9-5-6-17-8-14(9)15-18-11(3)13(12(4)19-15)7-10(2)16(20)21/h5-6,8,10H,7H2,1-4H3,(H,20,21). The van der Waals surface area contributed by atoms with Crippen LogP contribution in [0.4, 0.5) is 0 Å². The maximum atomic E-state index is 11.0. The highest BCUT2D eigenvalue weighted by molar-refractivity contribution is 5.70. The minimum atomic E-state index is -0.805. The Labute approximate surface area is 124 Å². The minimum Gasteiger partial charge on any atom is -0.481 e. The van der Waals surface area contributed by atoms with Crippen molar-refractivity contribution in [1.29, 1.82) is 0 Å². The van der Waals surface area contributed by atoms with Crippen molar-refractivity contribution in [3.63, 3.8) is 0 Å². The second kappa shape index (κ2) is 5.99. The molecular weight excluding hydrogens is 266 g/mol. The van der Waals surface area contributed by atoms with Crippen LogP contribution in [0.25, 0.3) is 11.4 Å². The van der Waals surface area contributed by atoms with Gasteiger partial charge in [-0.1, -0.05) is 6.92 Å². The van der Waals surface area contributed by atoms with Crippen molar-refractivity contribution >= 4 is 5.97 Å². The van der Waals surface area contributed by atoms with Crippen LogP contribution in [-0.4, -0.2) is 26.0 Å². The van der Waals surface area contributed by atoms with Gasteiger partial charge in [-0.25, -0.2) is 9.97 Å². The van der Waals surface area contributed by atoms with Crippen molar-refractivity contribution < 1.29 is 9.90 Å². The molecular formula is C16H19N3O2. The van der Waals surface area contributed by atoms with Crippen LogP contribution in [-0.2, 0) is 11.2 Å². The van der Waals surface area contributed by atoms with Gasteiger partial charge >= 0.3 is 5.97 Å². The number of carboxylic acid groups (broad SMARTS) is 1. The summed E-state index contributed by atoms with van der Waals surface area (Å²) in [5.74, 6) is -0.611. The minimum absolute atomic E-state index is 0.444. The van der Waals surface area contributed by atoms with Crippen LogP contribution >= 0.6 is 0 Å². The molecule has 0 aliphatic carbocycles. The fraction of sp³-hybridized carbons (Fsp3) is 0.375. The number of pyridine rings is 1. The first kappa shape index (κ1) is 15.1. The summed E-state index contributed by atoms with van der Waals surface area (Å²) in [6.45, 7) is 7.48. The molecule has 0 bridgehead atoms. The highest BCUT2D eigenvalue weighted by Gasteiger charge is 2.17. The lowest BCUT2D eigenvalue weighted by Crippen LogP contribution is -2.15. The number of hydrogen-bond donors (Lipinski definition) is 1. The first-order chi connectivity index (χ1) is 9.90. The number of aliphatic carboxylic acids is 1. The highest BCUT2D eigenvalue weighted by atomic mass is 16.4. The monoisotopic (exact) mass is 285 g/mol. The molecule has 0 aliphatic rings. The number of hydrogen-bond acceptors (Lipinski definition) is 4. The number of aryl methyl sites for hydroxylation is 3. The zero-order valence-electron chi connectivity index (χ0n) is 12.7. The molecule has 2 aromatic rings. The van der Waals surface area contributed by atoms with E-state index in [0.717, 1.165) is 28.1 Å². The Kier molecular flexibility index (Phi) is 4.31. The molecule has 0 aromatic carbocycles. The van der Waals surface area contributed by atoms with E-state index >= 15 is 0 Å². The van der Waals surface area contributed by atoms with E-state index in [1.165, 1.54) is 0 Å². The molecule has 5 heteroatoms. The van der Waals surface area contributed by atoms with Crippen molar-refractivity contribution in [3.8, 4) is 11.4 Å². The third-order valence-corrected chi connectivity index (χ3v) is 3.63. The van der Waals surface area contributed by atoms with Gasteiger partial charge in [0.1, 0.15) is 0 Å². The lowest BCUT2D eigenvalue weighted by molar-refractivity contribution is -0.141. The van der Waals surface area contributed by atoms with Crippen LogP contribution in [0.5, 0.6) is 0 Å². The number of rotatable bonds is 4. The zero-order valence-corrected chi connectivity index (χ0v) is 12.7. The number of aromatic nitrogens is 3. The fourth-order valence-electron chi connectivity index (χ4n) is 2.25. The van der Waals surface area contributed by atoms with Gasteiger partial charge in [0.15, 0.2) is 5.82 Å². The summed E-state index contributed by atoms with van der Waals surface area (Å²) in [4.78, 5) is 24.2. The summed E-state index contributed by atoms with van der Waals surface area (Å²) < 4.78 is 0. The largest absolute Gasteiger partial charge is 0.481 e. The van der Waals surface area contributed by atoms with Gasteiger partial charge in [0.25, 0.3) is 0 Å². The van der Waals surface area contributed by atoms with Crippen LogP contribution < -0.4 is 0 Å². The predicted molar refractivity (Wildman–Crippen MR) is 80.0 cm³/mol. The quantitative estimate of drug-likeness (QED) is 0.934. The molecule has 2 rings (SSSR count). The molecule has 1 atom stereocenters. The van der Waals surface area contributed by atoms with Crippen molar-refractivity contribution in [2.24, 2.45) is 5.92 Å². The van der Waals surface area contributed by atoms with Gasteiger partial charge in [0.05, 0.1) is 5.92 Å². The van der Waals surface area contributed by atoms with E-state index in [-0.39, 0.29) is 0 Å². The van der Waals surface area contributed by atoms with E-state index in [4.69, 9.17) is 5.11 Å². The van der Waals surface area contributed by atoms with Crippen molar-refractivity contribution in [1.82, 2.24) is 15.0 Å². The molecule has 2 heterocycles. The molecule has 1 N–H and O–H groups in total. The molecule has 0 aliphatic heterocycles. The van der Waals surface area contributed by atoms with E-state index in [1.54, 1.807) is 19.3 Å². The Morgan fingerprint density at radius 2 is 1.86 bits per heavy atom. The molecule has 110 valence electrons. The molecule has 0 spiro atoms. The average molecular weight is 285 g/mol. The van der Waals surface area contributed by atoms with Crippen LogP contribution in [0.3, 0.4) is 0 Å². The van der Waals surface area contributed by atoms with Gasteiger partial charge in [-0.3, -0.25) is 9.78 Å². The summed E-state index contributed by atoms with van der Waals surface area (Å²) >= 11 is 0. The Bertz CT molecular complexity index is 660. The maximum absolute atomic E-state index is 11.0. The van der Waals surface area contributed by atoms with E-state index in [1.807, 2.05) is 26.8 Å². The van der Waals surface area contributed by atoms with E-state index in [0.29, 0.717) is 12.2 Å². The summed E-state index contributed by atoms with van der Waals surface area (Å²) in [7, 11) is 0. The van der Waals surface area contributed by atoms with E-state index in [2.05, 4.69) is 15.0 Å². The maximum Gasteiger partial charge on any atom is 0.306 e. The first-order valence-corrected chi connectivity index (χ1v) is 6.88. The van der Waals surface area contributed by atoms with Crippen LogP contribution in [0.1, 0.15) is 29.4 Å². The highest BCUT2D eigenvalue weighted by Crippen LogP contribution is 2.22. The molecule has 0 saturated carbocycles. The Balaban J connectivity index is 2.42. The Morgan fingerprint density at radius 3 is 2.38 bits per heavy atom. The smallest absolute Gasteiger partial charge is 0.306 e. The number of carboxylic acids is 1. The normalized spacial score (nSPS) is 12.2. The lowest BCUT2D eigenvalue weighted by atomic mass is 9.98. The third-order valence-electron chi connectivity index (χ3n) is 3.63. The van der Waals surface area contributed by atoms with E-state index in [9.17, 15) is 4.79 Å². The van der Waals surface area contributed by atoms with Crippen molar-refractivity contribution in [2.75, 3.05) is 0 Å². The summed E-state index contributed by atoms with van der Waals surface area (Å²) in [6, 6.07) is 1.92. The van der Waals surface area contributed by atoms with Crippen LogP contribution in [0.15, 0.2) is 18.5 Å². The molecule has 2 aromatic heterocycles. The molecule has 0 amide bonds. The van der Waals surface area contributed by atoms with Gasteiger partial charge < -0.3 is 5.11 Å². The van der Waals surface area contributed by atoms with Gasteiger partial charge in [0, 0.05) is 29.3 Å². The molecule has 5 nitrogen and oxygen atoms in total. The molecule has 1 unspecified atom stereocenters. The van der Waals surface area contributed by atoms with Gasteiger partial charge in [0.2, 0.25) is 0 Å². The zero-order chi connectivity index (χ0) is 15.6. The second-order valence-corrected chi connectivity index (χ2v) is 5.33. The van der Waals surface area contributed by atoms with Crippen LogP contribution in [0.2, 0.25) is 0 Å².